The SMILES string of the molecule is Cc1cccc(Nc2ccccc2C(=O)OCC(=O)N[C@@H]2CCCC[C@H]2C)c1C. The molecule has 2 aromatic rings. The lowest BCUT2D eigenvalue weighted by atomic mass is 9.86. The standard InChI is InChI=1S/C24H30N2O3/c1-16-10-8-14-21(18(16)3)25-22-13-7-5-11-19(22)24(28)29-15-23(27)26-20-12-6-4-9-17(20)2/h5,7-8,10-11,13-14,17,20,25H,4,6,9,12,15H2,1-3H3,(H,26,27)/t17-,20-/m1/s1. The van der Waals surface area contributed by atoms with Gasteiger partial charge in [0.05, 0.1) is 11.3 Å². The quantitative estimate of drug-likeness (QED) is 0.684. The molecule has 0 aromatic heterocycles. The van der Waals surface area contributed by atoms with Crippen LogP contribution in [0.1, 0.15) is 54.1 Å². The fourth-order valence-corrected chi connectivity index (χ4v) is 3.79. The fourth-order valence-electron chi connectivity index (χ4n) is 3.79. The van der Waals surface area contributed by atoms with Crippen LogP contribution >= 0.6 is 0 Å². The van der Waals surface area contributed by atoms with Crippen LogP contribution in [0.2, 0.25) is 0 Å². The Morgan fingerprint density at radius 2 is 1.72 bits per heavy atom. The second-order valence-corrected chi connectivity index (χ2v) is 7.93. The Balaban J connectivity index is 1.62. The molecule has 0 radical (unpaired) electrons. The van der Waals surface area contributed by atoms with E-state index in [9.17, 15) is 9.59 Å². The number of aryl methyl sites for hydroxylation is 1. The number of para-hydroxylation sites is 1. The summed E-state index contributed by atoms with van der Waals surface area (Å²) in [6.45, 7) is 5.98. The number of carbonyl (C=O) groups excluding carboxylic acids is 2. The number of nitrogens with one attached hydrogen (secondary N) is 2. The van der Waals surface area contributed by atoms with E-state index in [2.05, 4.69) is 17.6 Å². The van der Waals surface area contributed by atoms with Crippen LogP contribution < -0.4 is 10.6 Å². The number of rotatable bonds is 6. The summed E-state index contributed by atoms with van der Waals surface area (Å²) in [4.78, 5) is 24.9. The molecule has 0 heterocycles. The lowest BCUT2D eigenvalue weighted by molar-refractivity contribution is -0.125. The smallest absolute Gasteiger partial charge is 0.340 e. The first kappa shape index (κ1) is 20.9. The van der Waals surface area contributed by atoms with Gasteiger partial charge in [0, 0.05) is 11.7 Å². The molecule has 2 aromatic carbocycles. The number of carbonyl (C=O) groups is 2. The van der Waals surface area contributed by atoms with Crippen LogP contribution in [-0.2, 0) is 9.53 Å². The van der Waals surface area contributed by atoms with Gasteiger partial charge in [-0.05, 0) is 61.9 Å². The molecule has 2 atom stereocenters. The second-order valence-electron chi connectivity index (χ2n) is 7.93. The van der Waals surface area contributed by atoms with Gasteiger partial charge in [-0.2, -0.15) is 0 Å². The molecule has 2 N–H and O–H groups in total. The zero-order chi connectivity index (χ0) is 20.8. The molecule has 0 unspecified atom stereocenters. The van der Waals surface area contributed by atoms with E-state index in [-0.39, 0.29) is 18.6 Å². The van der Waals surface area contributed by atoms with Crippen molar-refractivity contribution in [2.75, 3.05) is 11.9 Å². The van der Waals surface area contributed by atoms with Crippen molar-refractivity contribution in [1.82, 2.24) is 5.32 Å². The minimum Gasteiger partial charge on any atom is -0.452 e. The Morgan fingerprint density at radius 1 is 1.00 bits per heavy atom. The van der Waals surface area contributed by atoms with Crippen molar-refractivity contribution in [2.24, 2.45) is 5.92 Å². The minimum atomic E-state index is -0.509. The molecule has 5 nitrogen and oxygen atoms in total. The van der Waals surface area contributed by atoms with Gasteiger partial charge in [-0.1, -0.05) is 44.0 Å². The summed E-state index contributed by atoms with van der Waals surface area (Å²) >= 11 is 0. The van der Waals surface area contributed by atoms with E-state index in [1.807, 2.05) is 44.2 Å². The van der Waals surface area contributed by atoms with Crippen LogP contribution in [-0.4, -0.2) is 24.5 Å². The molecular formula is C24H30N2O3. The summed E-state index contributed by atoms with van der Waals surface area (Å²) in [6.07, 6.45) is 4.46. The summed E-state index contributed by atoms with van der Waals surface area (Å²) in [5.41, 5.74) is 4.30. The molecule has 0 aliphatic heterocycles. The van der Waals surface area contributed by atoms with Crippen molar-refractivity contribution >= 4 is 23.3 Å². The first-order chi connectivity index (χ1) is 14.0. The highest BCUT2D eigenvalue weighted by Gasteiger charge is 2.23. The molecule has 3 rings (SSSR count). The molecule has 1 aliphatic rings. The molecule has 29 heavy (non-hydrogen) atoms. The molecule has 1 saturated carbocycles. The van der Waals surface area contributed by atoms with E-state index in [1.54, 1.807) is 12.1 Å². The Morgan fingerprint density at radius 3 is 2.52 bits per heavy atom. The maximum absolute atomic E-state index is 12.6. The first-order valence-corrected chi connectivity index (χ1v) is 10.3. The van der Waals surface area contributed by atoms with E-state index in [0.717, 1.165) is 30.5 Å². The average Bonchev–Trinajstić information content (AvgIpc) is 2.72. The average molecular weight is 395 g/mol. The molecule has 0 bridgehead atoms. The topological polar surface area (TPSA) is 67.4 Å². The molecule has 1 aliphatic carbocycles. The van der Waals surface area contributed by atoms with Gasteiger partial charge in [0.1, 0.15) is 0 Å². The monoisotopic (exact) mass is 394 g/mol. The Labute approximate surface area is 172 Å². The van der Waals surface area contributed by atoms with Crippen molar-refractivity contribution < 1.29 is 14.3 Å². The van der Waals surface area contributed by atoms with Gasteiger partial charge in [0.15, 0.2) is 6.61 Å². The summed E-state index contributed by atoms with van der Waals surface area (Å²) in [5.74, 6) is -0.284. The Kier molecular flexibility index (Phi) is 6.91. The van der Waals surface area contributed by atoms with Crippen LogP contribution in [0.5, 0.6) is 0 Å². The molecule has 154 valence electrons. The van der Waals surface area contributed by atoms with E-state index in [4.69, 9.17) is 4.74 Å². The molecule has 1 amide bonds. The van der Waals surface area contributed by atoms with Crippen molar-refractivity contribution in [3.8, 4) is 0 Å². The lowest BCUT2D eigenvalue weighted by Gasteiger charge is -2.29. The van der Waals surface area contributed by atoms with Gasteiger partial charge < -0.3 is 15.4 Å². The number of esters is 1. The predicted octanol–water partition coefficient (Wildman–Crippen LogP) is 4.90. The Hall–Kier alpha value is -2.82. The number of amides is 1. The van der Waals surface area contributed by atoms with E-state index >= 15 is 0 Å². The molecule has 0 spiro atoms. The molecular weight excluding hydrogens is 364 g/mol. The maximum atomic E-state index is 12.6. The molecule has 1 fully saturated rings. The van der Waals surface area contributed by atoms with Crippen LogP contribution in [0.4, 0.5) is 11.4 Å². The van der Waals surface area contributed by atoms with E-state index < -0.39 is 5.97 Å². The van der Waals surface area contributed by atoms with Gasteiger partial charge in [0.2, 0.25) is 0 Å². The number of anilines is 2. The fraction of sp³-hybridized carbons (Fsp3) is 0.417. The van der Waals surface area contributed by atoms with Crippen LogP contribution in [0.3, 0.4) is 0 Å². The summed E-state index contributed by atoms with van der Waals surface area (Å²) < 4.78 is 5.31. The van der Waals surface area contributed by atoms with Gasteiger partial charge in [-0.3, -0.25) is 4.79 Å². The lowest BCUT2D eigenvalue weighted by Crippen LogP contribution is -2.42. The summed E-state index contributed by atoms with van der Waals surface area (Å²) in [6, 6.07) is 13.4. The van der Waals surface area contributed by atoms with Crippen molar-refractivity contribution in [3.05, 3.63) is 59.2 Å². The minimum absolute atomic E-state index is 0.174. The summed E-state index contributed by atoms with van der Waals surface area (Å²) in [7, 11) is 0. The van der Waals surface area contributed by atoms with Gasteiger partial charge in [-0.15, -0.1) is 0 Å². The Bertz CT molecular complexity index is 878. The predicted molar refractivity (Wildman–Crippen MR) is 115 cm³/mol. The first-order valence-electron chi connectivity index (χ1n) is 10.3. The van der Waals surface area contributed by atoms with Gasteiger partial charge in [0.25, 0.3) is 5.91 Å². The summed E-state index contributed by atoms with van der Waals surface area (Å²) in [5, 5.41) is 6.33. The second kappa shape index (κ2) is 9.59. The zero-order valence-corrected chi connectivity index (χ0v) is 17.5. The third kappa shape index (κ3) is 5.37. The largest absolute Gasteiger partial charge is 0.452 e. The highest BCUT2D eigenvalue weighted by Crippen LogP contribution is 2.26. The van der Waals surface area contributed by atoms with Crippen molar-refractivity contribution in [1.29, 1.82) is 0 Å². The highest BCUT2D eigenvalue weighted by atomic mass is 16.5. The highest BCUT2D eigenvalue weighted by molar-refractivity contribution is 5.97. The number of hydrogen-bond acceptors (Lipinski definition) is 4. The number of ether oxygens (including phenoxy) is 1. The third-order valence-electron chi connectivity index (χ3n) is 5.81. The van der Waals surface area contributed by atoms with Crippen molar-refractivity contribution in [2.45, 2.75) is 52.5 Å². The molecule has 5 heteroatoms. The van der Waals surface area contributed by atoms with Crippen LogP contribution in [0.25, 0.3) is 0 Å². The number of benzene rings is 2. The zero-order valence-electron chi connectivity index (χ0n) is 17.5. The van der Waals surface area contributed by atoms with Gasteiger partial charge >= 0.3 is 5.97 Å². The normalized spacial score (nSPS) is 18.7. The van der Waals surface area contributed by atoms with E-state index in [1.165, 1.54) is 12.0 Å². The van der Waals surface area contributed by atoms with Crippen LogP contribution in [0, 0.1) is 19.8 Å². The van der Waals surface area contributed by atoms with Crippen LogP contribution in [0.15, 0.2) is 42.5 Å². The number of hydrogen-bond donors (Lipinski definition) is 2. The third-order valence-corrected chi connectivity index (χ3v) is 5.81. The van der Waals surface area contributed by atoms with Crippen molar-refractivity contribution in [3.63, 3.8) is 0 Å². The molecule has 0 saturated heterocycles. The maximum Gasteiger partial charge on any atom is 0.340 e. The van der Waals surface area contributed by atoms with Gasteiger partial charge in [-0.25, -0.2) is 4.79 Å². The van der Waals surface area contributed by atoms with E-state index in [0.29, 0.717) is 17.2 Å².